The average Bonchev–Trinajstić information content (AvgIpc) is 2.18. The maximum Gasteiger partial charge on any atom is 0.0118 e. The second kappa shape index (κ2) is 6.52. The summed E-state index contributed by atoms with van der Waals surface area (Å²) in [6.07, 6.45) is 7.05. The minimum Gasteiger partial charge on any atom is -0.313 e. The Morgan fingerprint density at radius 3 is 2.53 bits per heavy atom. The van der Waals surface area contributed by atoms with E-state index in [4.69, 9.17) is 0 Å². The third-order valence-electron chi connectivity index (χ3n) is 3.83. The number of hydrogen-bond donors (Lipinski definition) is 1. The summed E-state index contributed by atoms with van der Waals surface area (Å²) in [5.74, 6) is 2.67. The van der Waals surface area contributed by atoms with Crippen LogP contribution >= 0.6 is 0 Å². The number of nitrogens with one attached hydrogen (secondary N) is 1. The van der Waals surface area contributed by atoms with Crippen LogP contribution in [-0.4, -0.2) is 12.6 Å². The molecule has 1 rings (SSSR count). The summed E-state index contributed by atoms with van der Waals surface area (Å²) >= 11 is 0. The van der Waals surface area contributed by atoms with Crippen molar-refractivity contribution in [3.8, 4) is 0 Å². The third kappa shape index (κ3) is 4.14. The lowest BCUT2D eigenvalue weighted by Gasteiger charge is -2.36. The summed E-state index contributed by atoms with van der Waals surface area (Å²) < 4.78 is 0. The SMILES string of the molecule is CCCNC(C(C)C)C1CCCC(C)C1. The van der Waals surface area contributed by atoms with Gasteiger partial charge in [-0.05, 0) is 43.6 Å². The first kappa shape index (κ1) is 13.0. The van der Waals surface area contributed by atoms with Gasteiger partial charge in [-0.1, -0.05) is 40.5 Å². The molecule has 1 saturated carbocycles. The fraction of sp³-hybridized carbons (Fsp3) is 1.00. The van der Waals surface area contributed by atoms with E-state index in [1.807, 2.05) is 0 Å². The van der Waals surface area contributed by atoms with E-state index in [1.54, 1.807) is 0 Å². The van der Waals surface area contributed by atoms with Gasteiger partial charge in [-0.25, -0.2) is 0 Å². The molecule has 0 spiro atoms. The van der Waals surface area contributed by atoms with Crippen LogP contribution in [0.4, 0.5) is 0 Å². The second-order valence-electron chi connectivity index (χ2n) is 5.76. The van der Waals surface area contributed by atoms with Crippen molar-refractivity contribution in [1.82, 2.24) is 5.32 Å². The summed E-state index contributed by atoms with van der Waals surface area (Å²) in [6, 6.07) is 0.757. The van der Waals surface area contributed by atoms with Crippen molar-refractivity contribution >= 4 is 0 Å². The molecule has 0 aromatic heterocycles. The molecule has 0 aliphatic heterocycles. The molecule has 0 amide bonds. The van der Waals surface area contributed by atoms with Crippen LogP contribution < -0.4 is 5.32 Å². The summed E-state index contributed by atoms with van der Waals surface area (Å²) in [6.45, 7) is 10.6. The van der Waals surface area contributed by atoms with E-state index in [1.165, 1.54) is 38.6 Å². The van der Waals surface area contributed by atoms with E-state index < -0.39 is 0 Å². The van der Waals surface area contributed by atoms with E-state index in [0.29, 0.717) is 0 Å². The first-order chi connectivity index (χ1) is 7.15. The largest absolute Gasteiger partial charge is 0.313 e. The third-order valence-corrected chi connectivity index (χ3v) is 3.83. The molecular weight excluding hydrogens is 182 g/mol. The monoisotopic (exact) mass is 211 g/mol. The molecule has 3 atom stereocenters. The molecule has 3 unspecified atom stereocenters. The Labute approximate surface area is 96.0 Å². The van der Waals surface area contributed by atoms with Crippen LogP contribution in [0.3, 0.4) is 0 Å². The van der Waals surface area contributed by atoms with Gasteiger partial charge in [0.05, 0.1) is 0 Å². The van der Waals surface area contributed by atoms with E-state index >= 15 is 0 Å². The van der Waals surface area contributed by atoms with Crippen molar-refractivity contribution in [1.29, 1.82) is 0 Å². The first-order valence-electron chi connectivity index (χ1n) is 6.88. The molecule has 90 valence electrons. The zero-order valence-corrected chi connectivity index (χ0v) is 11.1. The normalized spacial score (nSPS) is 29.4. The molecule has 0 aromatic rings. The minimum atomic E-state index is 0.757. The average molecular weight is 211 g/mol. The highest BCUT2D eigenvalue weighted by Crippen LogP contribution is 2.32. The van der Waals surface area contributed by atoms with E-state index in [9.17, 15) is 0 Å². The van der Waals surface area contributed by atoms with Gasteiger partial charge in [0.15, 0.2) is 0 Å². The standard InChI is InChI=1S/C14H29N/c1-5-9-15-14(11(2)3)13-8-6-7-12(4)10-13/h11-15H,5-10H2,1-4H3. The highest BCUT2D eigenvalue weighted by molar-refractivity contribution is 4.83. The van der Waals surface area contributed by atoms with Crippen molar-refractivity contribution in [2.45, 2.75) is 65.8 Å². The lowest BCUT2D eigenvalue weighted by Crippen LogP contribution is -2.42. The summed E-state index contributed by atoms with van der Waals surface area (Å²) in [5.41, 5.74) is 0. The number of hydrogen-bond acceptors (Lipinski definition) is 1. The van der Waals surface area contributed by atoms with Crippen molar-refractivity contribution in [2.75, 3.05) is 6.54 Å². The Morgan fingerprint density at radius 1 is 1.27 bits per heavy atom. The molecule has 15 heavy (non-hydrogen) atoms. The predicted octanol–water partition coefficient (Wildman–Crippen LogP) is 3.84. The highest BCUT2D eigenvalue weighted by atomic mass is 14.9. The minimum absolute atomic E-state index is 0.757. The maximum absolute atomic E-state index is 3.76. The highest BCUT2D eigenvalue weighted by Gasteiger charge is 2.27. The quantitative estimate of drug-likeness (QED) is 0.728. The Bertz CT molecular complexity index is 165. The Hall–Kier alpha value is -0.0400. The molecule has 0 bridgehead atoms. The molecule has 1 heteroatoms. The second-order valence-corrected chi connectivity index (χ2v) is 5.76. The molecule has 1 nitrogen and oxygen atoms in total. The van der Waals surface area contributed by atoms with Gasteiger partial charge < -0.3 is 5.32 Å². The topological polar surface area (TPSA) is 12.0 Å². The van der Waals surface area contributed by atoms with Crippen molar-refractivity contribution in [2.24, 2.45) is 17.8 Å². The molecule has 1 N–H and O–H groups in total. The molecule has 0 aromatic carbocycles. The maximum atomic E-state index is 3.76. The van der Waals surface area contributed by atoms with Crippen LogP contribution in [0.2, 0.25) is 0 Å². The Balaban J connectivity index is 2.46. The van der Waals surface area contributed by atoms with Crippen LogP contribution in [0.25, 0.3) is 0 Å². The zero-order valence-electron chi connectivity index (χ0n) is 11.1. The molecule has 0 radical (unpaired) electrons. The van der Waals surface area contributed by atoms with Gasteiger partial charge in [0.1, 0.15) is 0 Å². The molecule has 1 fully saturated rings. The van der Waals surface area contributed by atoms with Crippen LogP contribution in [0.15, 0.2) is 0 Å². The van der Waals surface area contributed by atoms with E-state index in [0.717, 1.165) is 23.8 Å². The Kier molecular flexibility index (Phi) is 5.66. The van der Waals surface area contributed by atoms with Gasteiger partial charge in [0, 0.05) is 6.04 Å². The van der Waals surface area contributed by atoms with Gasteiger partial charge in [-0.2, -0.15) is 0 Å². The molecule has 0 saturated heterocycles. The lowest BCUT2D eigenvalue weighted by atomic mass is 9.75. The van der Waals surface area contributed by atoms with E-state index in [2.05, 4.69) is 33.0 Å². The van der Waals surface area contributed by atoms with Gasteiger partial charge in [0.25, 0.3) is 0 Å². The molecule has 1 aliphatic carbocycles. The van der Waals surface area contributed by atoms with Crippen LogP contribution in [-0.2, 0) is 0 Å². The summed E-state index contributed by atoms with van der Waals surface area (Å²) in [5, 5.41) is 3.76. The van der Waals surface area contributed by atoms with Crippen LogP contribution in [0.1, 0.15) is 59.8 Å². The lowest BCUT2D eigenvalue weighted by molar-refractivity contribution is 0.189. The molecule has 1 aliphatic rings. The van der Waals surface area contributed by atoms with Gasteiger partial charge in [-0.15, -0.1) is 0 Å². The van der Waals surface area contributed by atoms with Gasteiger partial charge in [-0.3, -0.25) is 0 Å². The van der Waals surface area contributed by atoms with Gasteiger partial charge in [0.2, 0.25) is 0 Å². The first-order valence-corrected chi connectivity index (χ1v) is 6.88. The Morgan fingerprint density at radius 2 is 2.00 bits per heavy atom. The van der Waals surface area contributed by atoms with Crippen LogP contribution in [0, 0.1) is 17.8 Å². The fourth-order valence-corrected chi connectivity index (χ4v) is 3.06. The van der Waals surface area contributed by atoms with Gasteiger partial charge >= 0.3 is 0 Å². The van der Waals surface area contributed by atoms with Crippen molar-refractivity contribution in [3.05, 3.63) is 0 Å². The number of rotatable bonds is 5. The zero-order chi connectivity index (χ0) is 11.3. The van der Waals surface area contributed by atoms with Crippen molar-refractivity contribution in [3.63, 3.8) is 0 Å². The predicted molar refractivity (Wildman–Crippen MR) is 68.0 cm³/mol. The molecular formula is C14H29N. The fourth-order valence-electron chi connectivity index (χ4n) is 3.06. The van der Waals surface area contributed by atoms with Crippen LogP contribution in [0.5, 0.6) is 0 Å². The summed E-state index contributed by atoms with van der Waals surface area (Å²) in [7, 11) is 0. The smallest absolute Gasteiger partial charge is 0.0118 e. The van der Waals surface area contributed by atoms with E-state index in [-0.39, 0.29) is 0 Å². The molecule has 0 heterocycles. The summed E-state index contributed by atoms with van der Waals surface area (Å²) in [4.78, 5) is 0. The van der Waals surface area contributed by atoms with Crippen molar-refractivity contribution < 1.29 is 0 Å².